The van der Waals surface area contributed by atoms with E-state index >= 15 is 0 Å². The van der Waals surface area contributed by atoms with Crippen LogP contribution in [0.15, 0.2) is 18.2 Å². The average molecular weight is 202 g/mol. The normalized spacial score (nSPS) is 22.7. The first-order valence-electron chi connectivity index (χ1n) is 3.97. The van der Waals surface area contributed by atoms with Gasteiger partial charge in [0.25, 0.3) is 0 Å². The van der Waals surface area contributed by atoms with E-state index in [2.05, 4.69) is 4.74 Å². The molecule has 2 rings (SSSR count). The summed E-state index contributed by atoms with van der Waals surface area (Å²) in [6, 6.07) is 4.17. The summed E-state index contributed by atoms with van der Waals surface area (Å²) < 4.78 is 34.8. The van der Waals surface area contributed by atoms with E-state index in [1.54, 1.807) is 0 Å². The van der Waals surface area contributed by atoms with Crippen molar-refractivity contribution in [3.8, 4) is 11.5 Å². The summed E-state index contributed by atoms with van der Waals surface area (Å²) in [5.74, 6) is 0.396. The van der Waals surface area contributed by atoms with Crippen LogP contribution >= 0.6 is 0 Å². The van der Waals surface area contributed by atoms with Crippen LogP contribution in [0.1, 0.15) is 11.7 Å². The van der Waals surface area contributed by atoms with Crippen LogP contribution in [0.5, 0.6) is 11.5 Å². The third-order valence-electron chi connectivity index (χ3n) is 2.08. The maximum atomic E-state index is 12.9. The summed E-state index contributed by atoms with van der Waals surface area (Å²) in [4.78, 5) is 0. The Hall–Kier alpha value is -1.36. The first kappa shape index (κ1) is 9.21. The zero-order valence-corrected chi connectivity index (χ0v) is 7.33. The fraction of sp³-hybridized carbons (Fsp3) is 0.333. The van der Waals surface area contributed by atoms with Gasteiger partial charge in [0.1, 0.15) is 11.5 Å². The Labute approximate surface area is 78.9 Å². The smallest absolute Gasteiger partial charge is 0.429 e. The van der Waals surface area contributed by atoms with Gasteiger partial charge in [-0.3, -0.25) is 0 Å². The lowest BCUT2D eigenvalue weighted by molar-refractivity contribution is -0.224. The maximum absolute atomic E-state index is 12.9. The third-order valence-corrected chi connectivity index (χ3v) is 2.08. The lowest BCUT2D eigenvalue weighted by Gasteiger charge is -2.11. The highest BCUT2D eigenvalue weighted by molar-refractivity contribution is 5.45. The van der Waals surface area contributed by atoms with Gasteiger partial charge in [-0.2, -0.15) is 8.78 Å². The van der Waals surface area contributed by atoms with Gasteiger partial charge in [-0.15, -0.1) is 0 Å². The SMILES string of the molecule is COc1ccc2c(c1)C(O)C(F)(F)O2. The molecule has 0 fully saturated rings. The molecule has 0 saturated carbocycles. The second-order valence-corrected chi connectivity index (χ2v) is 2.97. The molecule has 76 valence electrons. The average Bonchev–Trinajstić information content (AvgIpc) is 2.38. The summed E-state index contributed by atoms with van der Waals surface area (Å²) in [7, 11) is 1.42. The quantitative estimate of drug-likeness (QED) is 0.753. The van der Waals surface area contributed by atoms with Gasteiger partial charge in [-0.05, 0) is 18.2 Å². The molecule has 1 heterocycles. The second kappa shape index (κ2) is 2.81. The predicted molar refractivity (Wildman–Crippen MR) is 43.5 cm³/mol. The number of hydrogen-bond acceptors (Lipinski definition) is 3. The molecule has 0 bridgehead atoms. The van der Waals surface area contributed by atoms with Crippen LogP contribution in [0.25, 0.3) is 0 Å². The van der Waals surface area contributed by atoms with Crippen LogP contribution in [0, 0.1) is 0 Å². The highest BCUT2D eigenvalue weighted by Gasteiger charge is 2.49. The first-order chi connectivity index (χ1) is 6.54. The molecule has 0 spiro atoms. The molecule has 1 N–H and O–H groups in total. The molecule has 1 unspecified atom stereocenters. The number of fused-ring (bicyclic) bond motifs is 1. The minimum absolute atomic E-state index is 0.0108. The van der Waals surface area contributed by atoms with E-state index in [0.29, 0.717) is 5.75 Å². The van der Waals surface area contributed by atoms with Crippen molar-refractivity contribution < 1.29 is 23.4 Å². The van der Waals surface area contributed by atoms with Crippen molar-refractivity contribution >= 4 is 0 Å². The van der Waals surface area contributed by atoms with Crippen molar-refractivity contribution in [2.75, 3.05) is 7.11 Å². The molecule has 0 amide bonds. The zero-order valence-electron chi connectivity index (χ0n) is 7.33. The van der Waals surface area contributed by atoms with Crippen LogP contribution in [0.4, 0.5) is 8.78 Å². The van der Waals surface area contributed by atoms with Crippen molar-refractivity contribution in [2.45, 2.75) is 12.2 Å². The van der Waals surface area contributed by atoms with Crippen LogP contribution < -0.4 is 9.47 Å². The van der Waals surface area contributed by atoms with Gasteiger partial charge < -0.3 is 14.6 Å². The first-order valence-corrected chi connectivity index (χ1v) is 3.97. The van der Waals surface area contributed by atoms with Gasteiger partial charge in [-0.25, -0.2) is 0 Å². The Morgan fingerprint density at radius 3 is 2.86 bits per heavy atom. The fourth-order valence-corrected chi connectivity index (χ4v) is 1.34. The number of ether oxygens (including phenoxy) is 2. The Morgan fingerprint density at radius 2 is 2.21 bits per heavy atom. The lowest BCUT2D eigenvalue weighted by atomic mass is 10.1. The molecular weight excluding hydrogens is 194 g/mol. The number of aliphatic hydroxyl groups is 1. The maximum Gasteiger partial charge on any atom is 0.429 e. The number of benzene rings is 1. The minimum Gasteiger partial charge on any atom is -0.497 e. The van der Waals surface area contributed by atoms with Gasteiger partial charge in [0.2, 0.25) is 0 Å². The van der Waals surface area contributed by atoms with Gasteiger partial charge in [0, 0.05) is 5.56 Å². The number of methoxy groups -OCH3 is 1. The van der Waals surface area contributed by atoms with Crippen molar-refractivity contribution in [1.82, 2.24) is 0 Å². The van der Waals surface area contributed by atoms with E-state index in [4.69, 9.17) is 4.74 Å². The van der Waals surface area contributed by atoms with Crippen LogP contribution in [0.3, 0.4) is 0 Å². The molecule has 1 aliphatic heterocycles. The summed E-state index contributed by atoms with van der Waals surface area (Å²) in [6.45, 7) is 0. The van der Waals surface area contributed by atoms with Gasteiger partial charge in [0.15, 0.2) is 6.10 Å². The minimum atomic E-state index is -3.55. The monoisotopic (exact) mass is 202 g/mol. The van der Waals surface area contributed by atoms with E-state index in [9.17, 15) is 13.9 Å². The van der Waals surface area contributed by atoms with E-state index in [0.717, 1.165) is 0 Å². The van der Waals surface area contributed by atoms with Crippen molar-refractivity contribution in [2.24, 2.45) is 0 Å². The predicted octanol–water partition coefficient (Wildman–Crippen LogP) is 1.71. The van der Waals surface area contributed by atoms with Crippen molar-refractivity contribution in [3.05, 3.63) is 23.8 Å². The number of rotatable bonds is 1. The Balaban J connectivity index is 2.45. The van der Waals surface area contributed by atoms with Crippen LogP contribution in [-0.4, -0.2) is 18.3 Å². The molecule has 0 aromatic heterocycles. The third kappa shape index (κ3) is 1.21. The lowest BCUT2D eigenvalue weighted by Crippen LogP contribution is -2.26. The Morgan fingerprint density at radius 1 is 1.50 bits per heavy atom. The summed E-state index contributed by atoms with van der Waals surface area (Å²) in [5.41, 5.74) is 0.0503. The number of alkyl halides is 2. The second-order valence-electron chi connectivity index (χ2n) is 2.97. The number of halogens is 2. The molecule has 1 aromatic rings. The molecule has 1 aliphatic rings. The molecule has 0 saturated heterocycles. The van der Waals surface area contributed by atoms with Gasteiger partial charge in [0.05, 0.1) is 7.11 Å². The molecular formula is C9H8F2O3. The molecule has 0 radical (unpaired) electrons. The standard InChI is InChI=1S/C9H8F2O3/c1-13-5-2-3-7-6(4-5)8(12)9(10,11)14-7/h2-4,8,12H,1H3. The summed E-state index contributed by atoms with van der Waals surface area (Å²) in [5, 5.41) is 9.20. The molecule has 1 atom stereocenters. The molecule has 1 aromatic carbocycles. The van der Waals surface area contributed by atoms with Crippen molar-refractivity contribution in [3.63, 3.8) is 0 Å². The molecule has 5 heteroatoms. The van der Waals surface area contributed by atoms with Gasteiger partial charge in [-0.1, -0.05) is 0 Å². The largest absolute Gasteiger partial charge is 0.497 e. The van der Waals surface area contributed by atoms with E-state index in [1.165, 1.54) is 25.3 Å². The van der Waals surface area contributed by atoms with Crippen molar-refractivity contribution in [1.29, 1.82) is 0 Å². The van der Waals surface area contributed by atoms with E-state index in [1.807, 2.05) is 0 Å². The highest BCUT2D eigenvalue weighted by Crippen LogP contribution is 2.46. The number of aliphatic hydroxyl groups excluding tert-OH is 1. The Bertz CT molecular complexity index is 365. The summed E-state index contributed by atoms with van der Waals surface area (Å²) in [6.07, 6.45) is -5.47. The molecule has 0 aliphatic carbocycles. The van der Waals surface area contributed by atoms with E-state index in [-0.39, 0.29) is 11.3 Å². The topological polar surface area (TPSA) is 38.7 Å². The Kier molecular flexibility index (Phi) is 1.85. The van der Waals surface area contributed by atoms with Crippen LogP contribution in [0.2, 0.25) is 0 Å². The highest BCUT2D eigenvalue weighted by atomic mass is 19.3. The molecule has 14 heavy (non-hydrogen) atoms. The molecule has 3 nitrogen and oxygen atoms in total. The summed E-state index contributed by atoms with van der Waals surface area (Å²) >= 11 is 0. The number of hydrogen-bond donors (Lipinski definition) is 1. The van der Waals surface area contributed by atoms with E-state index < -0.39 is 12.2 Å². The fourth-order valence-electron chi connectivity index (χ4n) is 1.34. The van der Waals surface area contributed by atoms with Crippen LogP contribution in [-0.2, 0) is 0 Å². The van der Waals surface area contributed by atoms with Gasteiger partial charge >= 0.3 is 6.11 Å². The zero-order chi connectivity index (χ0) is 10.3.